The highest BCUT2D eigenvalue weighted by atomic mass is 16.5. The first kappa shape index (κ1) is 20.7. The van der Waals surface area contributed by atoms with Crippen molar-refractivity contribution in [2.45, 2.75) is 33.4 Å². The maximum absolute atomic E-state index is 12.3. The van der Waals surface area contributed by atoms with E-state index >= 15 is 0 Å². The number of ether oxygens (including phenoxy) is 1. The predicted octanol–water partition coefficient (Wildman–Crippen LogP) is 3.15. The molecule has 0 saturated heterocycles. The van der Waals surface area contributed by atoms with Gasteiger partial charge >= 0.3 is 6.03 Å². The lowest BCUT2D eigenvalue weighted by Gasteiger charge is -2.24. The van der Waals surface area contributed by atoms with Gasteiger partial charge in [-0.05, 0) is 54.4 Å². The van der Waals surface area contributed by atoms with Gasteiger partial charge in [0, 0.05) is 13.1 Å². The Morgan fingerprint density at radius 1 is 1.07 bits per heavy atom. The standard InChI is InChI=1S/C21H29N3O3/c1-14(2)12-22-21(26)23-20(25)15(3)24(4)13-16-6-7-18-11-19(27-5)9-8-17(18)10-16/h6-11,14-15H,12-13H2,1-5H3,(H2,22,23,25,26). The number of amides is 3. The van der Waals surface area contributed by atoms with Gasteiger partial charge in [0.25, 0.3) is 0 Å². The molecule has 1 atom stereocenters. The van der Waals surface area contributed by atoms with Crippen LogP contribution in [-0.4, -0.2) is 43.6 Å². The second-order valence-corrected chi connectivity index (χ2v) is 7.23. The molecule has 0 aliphatic carbocycles. The highest BCUT2D eigenvalue weighted by Crippen LogP contribution is 2.22. The van der Waals surface area contributed by atoms with Crippen molar-refractivity contribution in [2.75, 3.05) is 20.7 Å². The van der Waals surface area contributed by atoms with Crippen LogP contribution in [0.5, 0.6) is 5.75 Å². The number of hydrogen-bond donors (Lipinski definition) is 2. The Hall–Kier alpha value is -2.60. The molecule has 6 heteroatoms. The predicted molar refractivity (Wildman–Crippen MR) is 108 cm³/mol. The molecule has 2 N–H and O–H groups in total. The van der Waals surface area contributed by atoms with E-state index in [1.54, 1.807) is 14.0 Å². The Bertz CT molecular complexity index is 804. The summed E-state index contributed by atoms with van der Waals surface area (Å²) in [6.45, 7) is 6.92. The lowest BCUT2D eigenvalue weighted by Crippen LogP contribution is -2.48. The molecule has 146 valence electrons. The third kappa shape index (κ3) is 5.96. The number of carbonyl (C=O) groups excluding carboxylic acids is 2. The highest BCUT2D eigenvalue weighted by molar-refractivity contribution is 5.96. The molecule has 0 aliphatic rings. The van der Waals surface area contributed by atoms with Crippen LogP contribution in [0.4, 0.5) is 4.79 Å². The zero-order chi connectivity index (χ0) is 20.0. The van der Waals surface area contributed by atoms with E-state index in [0.717, 1.165) is 22.1 Å². The first-order valence-corrected chi connectivity index (χ1v) is 9.15. The molecular weight excluding hydrogens is 342 g/mol. The van der Waals surface area contributed by atoms with E-state index in [0.29, 0.717) is 19.0 Å². The van der Waals surface area contributed by atoms with Crippen molar-refractivity contribution in [1.82, 2.24) is 15.5 Å². The topological polar surface area (TPSA) is 70.7 Å². The summed E-state index contributed by atoms with van der Waals surface area (Å²) in [6, 6.07) is 11.3. The van der Waals surface area contributed by atoms with Crippen LogP contribution in [0.3, 0.4) is 0 Å². The molecule has 2 aromatic rings. The number of urea groups is 1. The monoisotopic (exact) mass is 371 g/mol. The summed E-state index contributed by atoms with van der Waals surface area (Å²) < 4.78 is 5.25. The molecule has 3 amide bonds. The number of benzene rings is 2. The first-order valence-electron chi connectivity index (χ1n) is 9.15. The number of fused-ring (bicyclic) bond motifs is 1. The minimum absolute atomic E-state index is 0.315. The van der Waals surface area contributed by atoms with Crippen LogP contribution >= 0.6 is 0 Å². The van der Waals surface area contributed by atoms with Crippen LogP contribution < -0.4 is 15.4 Å². The fraction of sp³-hybridized carbons (Fsp3) is 0.429. The number of hydrogen-bond acceptors (Lipinski definition) is 4. The number of likely N-dealkylation sites (N-methyl/N-ethyl adjacent to an activating group) is 1. The number of nitrogens with zero attached hydrogens (tertiary/aromatic N) is 1. The van der Waals surface area contributed by atoms with E-state index in [9.17, 15) is 9.59 Å². The molecule has 27 heavy (non-hydrogen) atoms. The van der Waals surface area contributed by atoms with Gasteiger partial charge in [0.1, 0.15) is 5.75 Å². The first-order chi connectivity index (χ1) is 12.8. The average Bonchev–Trinajstić information content (AvgIpc) is 2.65. The molecule has 6 nitrogen and oxygen atoms in total. The van der Waals surface area contributed by atoms with Gasteiger partial charge in [-0.15, -0.1) is 0 Å². The van der Waals surface area contributed by atoms with Crippen molar-refractivity contribution >= 4 is 22.7 Å². The van der Waals surface area contributed by atoms with Crippen LogP contribution in [0, 0.1) is 5.92 Å². The van der Waals surface area contributed by atoms with Gasteiger partial charge < -0.3 is 10.1 Å². The van der Waals surface area contributed by atoms with Gasteiger partial charge in [0.2, 0.25) is 5.91 Å². The molecule has 1 unspecified atom stereocenters. The van der Waals surface area contributed by atoms with Crippen LogP contribution in [0.2, 0.25) is 0 Å². The molecule has 0 bridgehead atoms. The van der Waals surface area contributed by atoms with Crippen molar-refractivity contribution in [3.05, 3.63) is 42.0 Å². The molecule has 0 radical (unpaired) electrons. The summed E-state index contributed by atoms with van der Waals surface area (Å²) in [5.74, 6) is 0.844. The maximum atomic E-state index is 12.3. The highest BCUT2D eigenvalue weighted by Gasteiger charge is 2.20. The van der Waals surface area contributed by atoms with Crippen molar-refractivity contribution in [3.8, 4) is 5.75 Å². The molecule has 0 saturated carbocycles. The average molecular weight is 371 g/mol. The Labute approximate surface area is 160 Å². The lowest BCUT2D eigenvalue weighted by atomic mass is 10.1. The number of rotatable bonds is 7. The fourth-order valence-electron chi connectivity index (χ4n) is 2.68. The summed E-state index contributed by atoms with van der Waals surface area (Å²) >= 11 is 0. The molecule has 0 heterocycles. The second-order valence-electron chi connectivity index (χ2n) is 7.23. The maximum Gasteiger partial charge on any atom is 0.321 e. The van der Waals surface area contributed by atoms with E-state index in [1.165, 1.54) is 0 Å². The van der Waals surface area contributed by atoms with Gasteiger partial charge in [0.05, 0.1) is 13.2 Å². The number of imide groups is 1. The second kappa shape index (κ2) is 9.37. The molecule has 0 aliphatic heterocycles. The van der Waals surface area contributed by atoms with E-state index in [2.05, 4.69) is 16.7 Å². The Kier molecular flexibility index (Phi) is 7.19. The zero-order valence-corrected chi connectivity index (χ0v) is 16.7. The Morgan fingerprint density at radius 3 is 2.41 bits per heavy atom. The largest absolute Gasteiger partial charge is 0.497 e. The van der Waals surface area contributed by atoms with Crippen LogP contribution in [0.1, 0.15) is 26.3 Å². The van der Waals surface area contributed by atoms with Gasteiger partial charge in [-0.3, -0.25) is 15.0 Å². The smallest absolute Gasteiger partial charge is 0.321 e. The summed E-state index contributed by atoms with van der Waals surface area (Å²) in [4.78, 5) is 26.0. The third-order valence-electron chi connectivity index (χ3n) is 4.49. The van der Waals surface area contributed by atoms with E-state index in [4.69, 9.17) is 4.74 Å². The van der Waals surface area contributed by atoms with Crippen molar-refractivity contribution in [1.29, 1.82) is 0 Å². The van der Waals surface area contributed by atoms with Crippen LogP contribution in [0.15, 0.2) is 36.4 Å². The van der Waals surface area contributed by atoms with Crippen LogP contribution in [-0.2, 0) is 11.3 Å². The van der Waals surface area contributed by atoms with Crippen molar-refractivity contribution in [2.24, 2.45) is 5.92 Å². The number of methoxy groups -OCH3 is 1. The van der Waals surface area contributed by atoms with Gasteiger partial charge in [-0.25, -0.2) is 4.79 Å². The molecular formula is C21H29N3O3. The van der Waals surface area contributed by atoms with Gasteiger partial charge in [0.15, 0.2) is 0 Å². The summed E-state index contributed by atoms with van der Waals surface area (Å²) in [5, 5.41) is 7.31. The molecule has 0 aromatic heterocycles. The van der Waals surface area contributed by atoms with Crippen molar-refractivity contribution < 1.29 is 14.3 Å². The summed E-state index contributed by atoms with van der Waals surface area (Å²) in [5.41, 5.74) is 1.10. The normalized spacial score (nSPS) is 12.3. The van der Waals surface area contributed by atoms with E-state index < -0.39 is 12.1 Å². The number of nitrogens with one attached hydrogen (secondary N) is 2. The zero-order valence-electron chi connectivity index (χ0n) is 16.7. The summed E-state index contributed by atoms with van der Waals surface area (Å²) in [7, 11) is 3.52. The molecule has 2 aromatic carbocycles. The van der Waals surface area contributed by atoms with E-state index in [-0.39, 0.29) is 5.91 Å². The molecule has 0 fully saturated rings. The van der Waals surface area contributed by atoms with Crippen molar-refractivity contribution in [3.63, 3.8) is 0 Å². The minimum Gasteiger partial charge on any atom is -0.497 e. The van der Waals surface area contributed by atoms with Crippen LogP contribution in [0.25, 0.3) is 10.8 Å². The Morgan fingerprint density at radius 2 is 1.74 bits per heavy atom. The van der Waals surface area contributed by atoms with Gasteiger partial charge in [-0.2, -0.15) is 0 Å². The number of carbonyl (C=O) groups is 2. The summed E-state index contributed by atoms with van der Waals surface area (Å²) in [6.07, 6.45) is 0. The third-order valence-corrected chi connectivity index (χ3v) is 4.49. The fourth-order valence-corrected chi connectivity index (χ4v) is 2.68. The lowest BCUT2D eigenvalue weighted by molar-refractivity contribution is -0.124. The van der Waals surface area contributed by atoms with Gasteiger partial charge in [-0.1, -0.05) is 32.0 Å². The SMILES string of the molecule is COc1ccc2cc(CN(C)C(C)C(=O)NC(=O)NCC(C)C)ccc2c1. The van der Waals surface area contributed by atoms with E-state index in [1.807, 2.05) is 56.1 Å². The molecule has 0 spiro atoms. The minimum atomic E-state index is -0.450. The quantitative estimate of drug-likeness (QED) is 0.784. The Balaban J connectivity index is 1.96. The molecule has 2 rings (SSSR count).